The van der Waals surface area contributed by atoms with E-state index in [0.29, 0.717) is 35.1 Å². The molecule has 0 aliphatic heterocycles. The molecule has 0 bridgehead atoms. The number of thioether (sulfide) groups is 1. The maximum Gasteiger partial charge on any atom is 0.255 e. The van der Waals surface area contributed by atoms with E-state index in [9.17, 15) is 9.59 Å². The molecule has 1 aromatic heterocycles. The van der Waals surface area contributed by atoms with Crippen molar-refractivity contribution < 1.29 is 9.59 Å². The van der Waals surface area contributed by atoms with E-state index in [4.69, 9.17) is 11.6 Å². The van der Waals surface area contributed by atoms with Crippen molar-refractivity contribution in [1.82, 2.24) is 9.88 Å². The summed E-state index contributed by atoms with van der Waals surface area (Å²) in [6.07, 6.45) is 3.51. The highest BCUT2D eigenvalue weighted by Gasteiger charge is 2.16. The number of pyridine rings is 1. The van der Waals surface area contributed by atoms with Crippen LogP contribution < -0.4 is 5.32 Å². The van der Waals surface area contributed by atoms with Crippen LogP contribution in [-0.4, -0.2) is 40.5 Å². The van der Waals surface area contributed by atoms with Crippen molar-refractivity contribution in [3.63, 3.8) is 0 Å². The van der Waals surface area contributed by atoms with Gasteiger partial charge in [-0.25, -0.2) is 0 Å². The van der Waals surface area contributed by atoms with Crippen LogP contribution in [0.4, 0.5) is 5.69 Å². The summed E-state index contributed by atoms with van der Waals surface area (Å²) in [4.78, 5) is 30.2. The topological polar surface area (TPSA) is 62.3 Å². The van der Waals surface area contributed by atoms with E-state index in [1.165, 1.54) is 11.8 Å². The number of carbonyl (C=O) groups excluding carboxylic acids is 2. The Morgan fingerprint density at radius 2 is 2.00 bits per heavy atom. The first-order valence-corrected chi connectivity index (χ1v) is 9.93. The number of hydrogen-bond donors (Lipinski definition) is 1. The molecule has 1 N–H and O–H groups in total. The molecular formula is C19H22ClN3O2S. The van der Waals surface area contributed by atoms with Gasteiger partial charge in [0.15, 0.2) is 0 Å². The van der Waals surface area contributed by atoms with Crippen LogP contribution in [0.25, 0.3) is 0 Å². The number of hydrogen-bond acceptors (Lipinski definition) is 4. The highest BCUT2D eigenvalue weighted by Crippen LogP contribution is 2.23. The maximum absolute atomic E-state index is 12.4. The van der Waals surface area contributed by atoms with Crippen molar-refractivity contribution in [1.29, 1.82) is 0 Å². The van der Waals surface area contributed by atoms with E-state index >= 15 is 0 Å². The molecule has 0 spiro atoms. The van der Waals surface area contributed by atoms with Gasteiger partial charge in [0.05, 0.1) is 16.3 Å². The maximum atomic E-state index is 12.4. The number of nitrogens with zero attached hydrogens (tertiary/aromatic N) is 2. The molecule has 2 rings (SSSR count). The zero-order valence-corrected chi connectivity index (χ0v) is 16.4. The summed E-state index contributed by atoms with van der Waals surface area (Å²) in [6.45, 7) is 5.09. The molecule has 0 fully saturated rings. The standard InChI is InChI=1S/C19H22ClN3O2S/c1-3-23(4-2)19(25)16-8-7-15(10-17(16)20)22-18(24)13-26-12-14-6-5-9-21-11-14/h5-11H,3-4,12-13H2,1-2H3,(H,22,24). The lowest BCUT2D eigenvalue weighted by Gasteiger charge is -2.19. The largest absolute Gasteiger partial charge is 0.339 e. The van der Waals surface area contributed by atoms with Gasteiger partial charge in [0.25, 0.3) is 5.91 Å². The van der Waals surface area contributed by atoms with E-state index in [1.807, 2.05) is 26.0 Å². The molecule has 0 atom stereocenters. The second-order valence-electron chi connectivity index (χ2n) is 5.57. The third kappa shape index (κ3) is 5.75. The molecule has 1 aromatic carbocycles. The predicted molar refractivity (Wildman–Crippen MR) is 108 cm³/mol. The van der Waals surface area contributed by atoms with Crippen LogP contribution in [0, 0.1) is 0 Å². The number of nitrogens with one attached hydrogen (secondary N) is 1. The summed E-state index contributed by atoms with van der Waals surface area (Å²) < 4.78 is 0. The first kappa shape index (κ1) is 20.3. The molecule has 0 radical (unpaired) electrons. The lowest BCUT2D eigenvalue weighted by atomic mass is 10.1. The monoisotopic (exact) mass is 391 g/mol. The second kappa shape index (κ2) is 10.2. The molecule has 2 amide bonds. The molecule has 0 aliphatic carbocycles. The fraction of sp³-hybridized carbons (Fsp3) is 0.316. The lowest BCUT2D eigenvalue weighted by Crippen LogP contribution is -2.30. The van der Waals surface area contributed by atoms with Crippen molar-refractivity contribution in [2.24, 2.45) is 0 Å². The number of anilines is 1. The fourth-order valence-corrected chi connectivity index (χ4v) is 3.42. The molecule has 0 aliphatic rings. The first-order valence-electron chi connectivity index (χ1n) is 8.40. The Kier molecular flexibility index (Phi) is 7.94. The quantitative estimate of drug-likeness (QED) is 0.736. The Labute approximate surface area is 163 Å². The average molecular weight is 392 g/mol. The van der Waals surface area contributed by atoms with Crippen molar-refractivity contribution >= 4 is 40.9 Å². The van der Waals surface area contributed by atoms with Crippen LogP contribution in [0.2, 0.25) is 5.02 Å². The summed E-state index contributed by atoms with van der Waals surface area (Å²) in [6, 6.07) is 8.82. The Balaban J connectivity index is 1.90. The van der Waals surface area contributed by atoms with Gasteiger partial charge in [-0.3, -0.25) is 14.6 Å². The van der Waals surface area contributed by atoms with Gasteiger partial charge in [0, 0.05) is 36.9 Å². The van der Waals surface area contributed by atoms with Gasteiger partial charge in [0.2, 0.25) is 5.91 Å². The smallest absolute Gasteiger partial charge is 0.255 e. The van der Waals surface area contributed by atoms with Crippen molar-refractivity contribution in [2.75, 3.05) is 24.2 Å². The van der Waals surface area contributed by atoms with Crippen LogP contribution in [0.15, 0.2) is 42.7 Å². The van der Waals surface area contributed by atoms with E-state index < -0.39 is 0 Å². The molecule has 0 unspecified atom stereocenters. The normalized spacial score (nSPS) is 10.4. The fourth-order valence-electron chi connectivity index (χ4n) is 2.39. The van der Waals surface area contributed by atoms with Gasteiger partial charge in [-0.2, -0.15) is 0 Å². The minimum absolute atomic E-state index is 0.107. The van der Waals surface area contributed by atoms with Crippen LogP contribution >= 0.6 is 23.4 Å². The number of benzene rings is 1. The van der Waals surface area contributed by atoms with Crippen molar-refractivity contribution in [3.05, 3.63) is 58.9 Å². The average Bonchev–Trinajstić information content (AvgIpc) is 2.63. The highest BCUT2D eigenvalue weighted by atomic mass is 35.5. The number of amides is 2. The van der Waals surface area contributed by atoms with E-state index in [2.05, 4.69) is 10.3 Å². The molecule has 0 saturated carbocycles. The zero-order chi connectivity index (χ0) is 18.9. The second-order valence-corrected chi connectivity index (χ2v) is 6.97. The van der Waals surface area contributed by atoms with Crippen molar-refractivity contribution in [2.45, 2.75) is 19.6 Å². The Morgan fingerprint density at radius 1 is 1.23 bits per heavy atom. The molecule has 7 heteroatoms. The van der Waals surface area contributed by atoms with E-state index in [0.717, 1.165) is 11.3 Å². The molecule has 138 valence electrons. The zero-order valence-electron chi connectivity index (χ0n) is 14.9. The summed E-state index contributed by atoms with van der Waals surface area (Å²) in [5, 5.41) is 3.14. The van der Waals surface area contributed by atoms with Crippen molar-refractivity contribution in [3.8, 4) is 0 Å². The van der Waals surface area contributed by atoms with Crippen LogP contribution in [0.3, 0.4) is 0 Å². The Hall–Kier alpha value is -2.05. The summed E-state index contributed by atoms with van der Waals surface area (Å²) >= 11 is 7.75. The SMILES string of the molecule is CCN(CC)C(=O)c1ccc(NC(=O)CSCc2cccnc2)cc1Cl. The number of rotatable bonds is 8. The van der Waals surface area contributed by atoms with Crippen LogP contribution in [0.5, 0.6) is 0 Å². The summed E-state index contributed by atoms with van der Waals surface area (Å²) in [5.74, 6) is 0.828. The van der Waals surface area contributed by atoms with Gasteiger partial charge >= 0.3 is 0 Å². The summed E-state index contributed by atoms with van der Waals surface area (Å²) in [5.41, 5.74) is 2.10. The van der Waals surface area contributed by atoms with Gasteiger partial charge < -0.3 is 10.2 Å². The third-order valence-corrected chi connectivity index (χ3v) is 5.08. The van der Waals surface area contributed by atoms with Gasteiger partial charge in [-0.15, -0.1) is 11.8 Å². The molecular weight excluding hydrogens is 370 g/mol. The van der Waals surface area contributed by atoms with Crippen LogP contribution in [-0.2, 0) is 10.5 Å². The Morgan fingerprint density at radius 3 is 2.62 bits per heavy atom. The molecule has 5 nitrogen and oxygen atoms in total. The molecule has 26 heavy (non-hydrogen) atoms. The van der Waals surface area contributed by atoms with Gasteiger partial charge in [0.1, 0.15) is 0 Å². The van der Waals surface area contributed by atoms with E-state index in [-0.39, 0.29) is 11.8 Å². The lowest BCUT2D eigenvalue weighted by molar-refractivity contribution is -0.113. The van der Waals surface area contributed by atoms with Gasteiger partial charge in [-0.1, -0.05) is 17.7 Å². The van der Waals surface area contributed by atoms with Gasteiger partial charge in [-0.05, 0) is 43.7 Å². The number of carbonyl (C=O) groups is 2. The van der Waals surface area contributed by atoms with Crippen LogP contribution in [0.1, 0.15) is 29.8 Å². The van der Waals surface area contributed by atoms with E-state index in [1.54, 1.807) is 35.5 Å². The third-order valence-electron chi connectivity index (χ3n) is 3.76. The highest BCUT2D eigenvalue weighted by molar-refractivity contribution is 7.99. The molecule has 0 saturated heterocycles. The predicted octanol–water partition coefficient (Wildman–Crippen LogP) is 4.09. The molecule has 1 heterocycles. The first-order chi connectivity index (χ1) is 12.5. The number of aromatic nitrogens is 1. The molecule has 2 aromatic rings. The number of halogens is 1. The Bertz CT molecular complexity index is 752. The minimum atomic E-state index is -0.113. The summed E-state index contributed by atoms with van der Waals surface area (Å²) in [7, 11) is 0. The minimum Gasteiger partial charge on any atom is -0.339 e.